The van der Waals surface area contributed by atoms with Gasteiger partial charge in [-0.3, -0.25) is 9.55 Å². The number of pyridine rings is 1. The van der Waals surface area contributed by atoms with E-state index in [2.05, 4.69) is 22.2 Å². The van der Waals surface area contributed by atoms with Crippen molar-refractivity contribution in [2.24, 2.45) is 0 Å². The lowest BCUT2D eigenvalue weighted by atomic mass is 9.98. The lowest BCUT2D eigenvalue weighted by Gasteiger charge is -2.26. The van der Waals surface area contributed by atoms with Gasteiger partial charge in [-0.1, -0.05) is 12.1 Å². The van der Waals surface area contributed by atoms with E-state index in [4.69, 9.17) is 5.73 Å². The first-order chi connectivity index (χ1) is 13.0. The van der Waals surface area contributed by atoms with Crippen molar-refractivity contribution in [3.05, 3.63) is 58.3 Å². The van der Waals surface area contributed by atoms with Gasteiger partial charge in [0.1, 0.15) is 0 Å². The van der Waals surface area contributed by atoms with E-state index in [0.29, 0.717) is 18.7 Å². The number of aryl methyl sites for hydroxylation is 2. The first kappa shape index (κ1) is 17.8. The second kappa shape index (κ2) is 7.17. The number of aliphatic hydroxyl groups is 1. The number of para-hydroxylation sites is 1. The van der Waals surface area contributed by atoms with Gasteiger partial charge in [-0.2, -0.15) is 0 Å². The quantitative estimate of drug-likeness (QED) is 0.549. The molecule has 0 bridgehead atoms. The molecule has 3 atom stereocenters. The Morgan fingerprint density at radius 1 is 1.44 bits per heavy atom. The molecule has 0 saturated carbocycles. The number of anilines is 1. The van der Waals surface area contributed by atoms with Gasteiger partial charge in [0.15, 0.2) is 0 Å². The van der Waals surface area contributed by atoms with Gasteiger partial charge in [0, 0.05) is 36.6 Å². The van der Waals surface area contributed by atoms with Gasteiger partial charge in [-0.25, -0.2) is 4.79 Å². The fourth-order valence-corrected chi connectivity index (χ4v) is 3.99. The maximum atomic E-state index is 12.2. The van der Waals surface area contributed by atoms with Crippen LogP contribution in [-0.4, -0.2) is 31.7 Å². The third-order valence-corrected chi connectivity index (χ3v) is 5.37. The molecule has 7 nitrogen and oxygen atoms in total. The number of aliphatic hydroxyl groups excluding tert-OH is 1. The second-order valence-corrected chi connectivity index (χ2v) is 7.40. The molecule has 0 saturated heterocycles. The van der Waals surface area contributed by atoms with Crippen molar-refractivity contribution in [3.8, 4) is 0 Å². The number of hydrogen-bond acceptors (Lipinski definition) is 5. The lowest BCUT2D eigenvalue weighted by molar-refractivity contribution is 0.119. The molecular weight excluding hydrogens is 342 g/mol. The van der Waals surface area contributed by atoms with Crippen molar-refractivity contribution in [1.82, 2.24) is 19.9 Å². The molecule has 0 spiro atoms. The third-order valence-electron chi connectivity index (χ3n) is 5.37. The molecule has 0 unspecified atom stereocenters. The van der Waals surface area contributed by atoms with Crippen LogP contribution in [0.25, 0.3) is 11.0 Å². The number of nitrogens with zero attached hydrogens (tertiary/aromatic N) is 2. The van der Waals surface area contributed by atoms with Gasteiger partial charge < -0.3 is 21.1 Å². The summed E-state index contributed by atoms with van der Waals surface area (Å²) in [6.45, 7) is 2.70. The van der Waals surface area contributed by atoms with Gasteiger partial charge in [0.25, 0.3) is 0 Å². The molecule has 0 aliphatic carbocycles. The van der Waals surface area contributed by atoms with Crippen LogP contribution in [0.4, 0.5) is 5.69 Å². The molecule has 2 aromatic heterocycles. The van der Waals surface area contributed by atoms with Gasteiger partial charge in [0.05, 0.1) is 22.8 Å². The Kier molecular flexibility index (Phi) is 4.72. The van der Waals surface area contributed by atoms with Crippen LogP contribution < -0.4 is 16.7 Å². The number of hydrogen-bond donors (Lipinski definition) is 4. The van der Waals surface area contributed by atoms with Crippen LogP contribution in [0.5, 0.6) is 0 Å². The molecule has 1 aromatic carbocycles. The van der Waals surface area contributed by atoms with Gasteiger partial charge >= 0.3 is 5.69 Å². The highest BCUT2D eigenvalue weighted by atomic mass is 16.3. The first-order valence-corrected chi connectivity index (χ1v) is 9.38. The number of rotatable bonds is 5. The number of aromatic nitrogens is 3. The summed E-state index contributed by atoms with van der Waals surface area (Å²) < 4.78 is 1.73. The maximum Gasteiger partial charge on any atom is 0.326 e. The van der Waals surface area contributed by atoms with E-state index in [9.17, 15) is 9.90 Å². The number of nitrogen functional groups attached to an aromatic ring is 1. The Morgan fingerprint density at radius 3 is 3.11 bits per heavy atom. The summed E-state index contributed by atoms with van der Waals surface area (Å²) in [6, 6.07) is 7.70. The lowest BCUT2D eigenvalue weighted by Crippen LogP contribution is -2.41. The second-order valence-electron chi connectivity index (χ2n) is 7.40. The molecule has 0 fully saturated rings. The van der Waals surface area contributed by atoms with Crippen molar-refractivity contribution in [3.63, 3.8) is 0 Å². The largest absolute Gasteiger partial charge is 0.397 e. The van der Waals surface area contributed by atoms with E-state index in [-0.39, 0.29) is 17.8 Å². The fourth-order valence-electron chi connectivity index (χ4n) is 3.99. The van der Waals surface area contributed by atoms with Crippen LogP contribution in [0.15, 0.2) is 41.5 Å². The zero-order valence-corrected chi connectivity index (χ0v) is 15.4. The van der Waals surface area contributed by atoms with Crippen LogP contribution in [0, 0.1) is 0 Å². The minimum atomic E-state index is -0.658. The van der Waals surface area contributed by atoms with Crippen molar-refractivity contribution in [1.29, 1.82) is 0 Å². The summed E-state index contributed by atoms with van der Waals surface area (Å²) in [4.78, 5) is 19.2. The fraction of sp³-hybridized carbons (Fsp3) is 0.400. The highest BCUT2D eigenvalue weighted by molar-refractivity contribution is 5.79. The Bertz CT molecular complexity index is 1010. The average Bonchev–Trinajstić information content (AvgIpc) is 2.90. The van der Waals surface area contributed by atoms with Gasteiger partial charge in [0.2, 0.25) is 0 Å². The number of H-pyrrole nitrogens is 1. The SMILES string of the molecule is C[C@H](CCc1cncc(N)c1)N[C@@H]1CCn2c(=O)[nH]c3cccc(c32)[C@H]1O. The molecule has 142 valence electrons. The van der Waals surface area contributed by atoms with E-state index < -0.39 is 6.10 Å². The van der Waals surface area contributed by atoms with Crippen LogP contribution in [0.2, 0.25) is 0 Å². The minimum Gasteiger partial charge on any atom is -0.397 e. The predicted octanol–water partition coefficient (Wildman–Crippen LogP) is 1.72. The van der Waals surface area contributed by atoms with Gasteiger partial charge in [-0.05, 0) is 43.9 Å². The van der Waals surface area contributed by atoms with Crippen molar-refractivity contribution in [2.75, 3.05) is 5.73 Å². The normalized spacial score (nSPS) is 20.5. The van der Waals surface area contributed by atoms with Crippen LogP contribution in [0.3, 0.4) is 0 Å². The zero-order valence-electron chi connectivity index (χ0n) is 15.4. The molecule has 1 aliphatic rings. The maximum absolute atomic E-state index is 12.2. The Morgan fingerprint density at radius 2 is 2.30 bits per heavy atom. The van der Waals surface area contributed by atoms with E-state index >= 15 is 0 Å². The number of nitrogens with one attached hydrogen (secondary N) is 2. The molecule has 4 rings (SSSR count). The highest BCUT2D eigenvalue weighted by Crippen LogP contribution is 2.30. The smallest absolute Gasteiger partial charge is 0.326 e. The summed E-state index contributed by atoms with van der Waals surface area (Å²) in [5.74, 6) is 0. The predicted molar refractivity (Wildman–Crippen MR) is 105 cm³/mol. The van der Waals surface area contributed by atoms with Crippen molar-refractivity contribution in [2.45, 2.75) is 50.9 Å². The first-order valence-electron chi connectivity index (χ1n) is 9.38. The van der Waals surface area contributed by atoms with Crippen LogP contribution >= 0.6 is 0 Å². The third kappa shape index (κ3) is 3.48. The van der Waals surface area contributed by atoms with E-state index in [1.54, 1.807) is 10.8 Å². The topological polar surface area (TPSA) is 109 Å². The average molecular weight is 367 g/mol. The summed E-state index contributed by atoms with van der Waals surface area (Å²) in [6.07, 6.45) is 5.28. The minimum absolute atomic E-state index is 0.108. The number of aromatic amines is 1. The molecule has 0 amide bonds. The zero-order chi connectivity index (χ0) is 19.0. The molecule has 3 heterocycles. The Hall–Kier alpha value is -2.64. The van der Waals surface area contributed by atoms with Crippen LogP contribution in [-0.2, 0) is 13.0 Å². The van der Waals surface area contributed by atoms with Gasteiger partial charge in [-0.15, -0.1) is 0 Å². The Labute approximate surface area is 157 Å². The Balaban J connectivity index is 1.47. The van der Waals surface area contributed by atoms with E-state index in [1.165, 1.54) is 0 Å². The summed E-state index contributed by atoms with van der Waals surface area (Å²) in [5, 5.41) is 14.5. The molecule has 1 aliphatic heterocycles. The molecule has 5 N–H and O–H groups in total. The highest BCUT2D eigenvalue weighted by Gasteiger charge is 2.29. The standard InChI is InChI=1S/C20H25N5O2/c1-12(5-6-13-9-14(21)11-22-10-13)23-17-7-8-25-18-15(19(17)26)3-2-4-16(18)24-20(25)27/h2-4,9-12,17,19,23,26H,5-8,21H2,1H3,(H,24,27)/t12-,17-,19-/m1/s1. The summed E-state index contributed by atoms with van der Waals surface area (Å²) in [5.41, 5.74) is 9.85. The summed E-state index contributed by atoms with van der Waals surface area (Å²) in [7, 11) is 0. The number of nitrogens with two attached hydrogens (primary N) is 1. The number of benzene rings is 1. The monoisotopic (exact) mass is 367 g/mol. The van der Waals surface area contributed by atoms with E-state index in [1.807, 2.05) is 30.5 Å². The number of imidazole rings is 1. The molecule has 27 heavy (non-hydrogen) atoms. The molecule has 7 heteroatoms. The van der Waals surface area contributed by atoms with Crippen molar-refractivity contribution >= 4 is 16.7 Å². The summed E-state index contributed by atoms with van der Waals surface area (Å²) >= 11 is 0. The molecule has 0 radical (unpaired) electrons. The van der Waals surface area contributed by atoms with Crippen LogP contribution in [0.1, 0.15) is 37.0 Å². The van der Waals surface area contributed by atoms with Crippen molar-refractivity contribution < 1.29 is 5.11 Å². The molecule has 3 aromatic rings. The molecular formula is C20H25N5O2. The van der Waals surface area contributed by atoms with E-state index in [0.717, 1.165) is 35.0 Å².